The Balaban J connectivity index is 1.77. The first-order valence-electron chi connectivity index (χ1n) is 8.28. The zero-order chi connectivity index (χ0) is 14.4. The Labute approximate surface area is 123 Å². The molecule has 2 rings (SSSR count). The second-order valence-electron chi connectivity index (χ2n) is 6.75. The second-order valence-corrected chi connectivity index (χ2v) is 6.75. The van der Waals surface area contributed by atoms with Crippen LogP contribution in [0.3, 0.4) is 0 Å². The molecular formula is C16H30N2O2. The van der Waals surface area contributed by atoms with E-state index >= 15 is 0 Å². The molecule has 0 aromatic rings. The number of nitrogens with zero attached hydrogens (tertiary/aromatic N) is 2. The molecule has 1 aliphatic carbocycles. The van der Waals surface area contributed by atoms with Crippen LogP contribution >= 0.6 is 0 Å². The average Bonchev–Trinajstić information content (AvgIpc) is 2.74. The number of hydrogen-bond acceptors (Lipinski definition) is 3. The summed E-state index contributed by atoms with van der Waals surface area (Å²) < 4.78 is 0. The summed E-state index contributed by atoms with van der Waals surface area (Å²) in [6.45, 7) is 2.91. The Hall–Kier alpha value is -0.610. The zero-order valence-corrected chi connectivity index (χ0v) is 12.9. The molecule has 0 aromatic heterocycles. The fraction of sp³-hybridized carbons (Fsp3) is 0.938. The lowest BCUT2D eigenvalue weighted by Crippen LogP contribution is -2.45. The zero-order valence-electron chi connectivity index (χ0n) is 12.9. The molecule has 0 unspecified atom stereocenters. The van der Waals surface area contributed by atoms with Crippen molar-refractivity contribution in [2.24, 2.45) is 0 Å². The SMILES string of the molecule is CN(CC(=O)N1CCCCCCC1)CC1(O)CCCC1. The first-order chi connectivity index (χ1) is 9.59. The van der Waals surface area contributed by atoms with Crippen molar-refractivity contribution in [1.82, 2.24) is 9.80 Å². The number of aliphatic hydroxyl groups is 1. The van der Waals surface area contributed by atoms with Crippen LogP contribution in [0.2, 0.25) is 0 Å². The maximum Gasteiger partial charge on any atom is 0.236 e. The highest BCUT2D eigenvalue weighted by atomic mass is 16.3. The van der Waals surface area contributed by atoms with Gasteiger partial charge in [-0.15, -0.1) is 0 Å². The van der Waals surface area contributed by atoms with Gasteiger partial charge in [-0.1, -0.05) is 32.1 Å². The molecule has 0 bridgehead atoms. The molecule has 2 aliphatic rings. The quantitative estimate of drug-likeness (QED) is 0.858. The molecule has 0 aromatic carbocycles. The molecule has 116 valence electrons. The maximum atomic E-state index is 12.4. The van der Waals surface area contributed by atoms with Gasteiger partial charge in [0.2, 0.25) is 5.91 Å². The third kappa shape index (κ3) is 4.74. The highest BCUT2D eigenvalue weighted by molar-refractivity contribution is 5.78. The average molecular weight is 282 g/mol. The van der Waals surface area contributed by atoms with E-state index in [1.165, 1.54) is 19.3 Å². The molecule has 0 radical (unpaired) electrons. The number of carbonyl (C=O) groups excluding carboxylic acids is 1. The van der Waals surface area contributed by atoms with Crippen molar-refractivity contribution < 1.29 is 9.90 Å². The maximum absolute atomic E-state index is 12.4. The van der Waals surface area contributed by atoms with Crippen molar-refractivity contribution in [2.75, 3.05) is 33.2 Å². The van der Waals surface area contributed by atoms with Gasteiger partial charge in [0.1, 0.15) is 0 Å². The summed E-state index contributed by atoms with van der Waals surface area (Å²) in [6.07, 6.45) is 10.1. The minimum absolute atomic E-state index is 0.232. The molecule has 1 amide bonds. The van der Waals surface area contributed by atoms with E-state index in [-0.39, 0.29) is 5.91 Å². The van der Waals surface area contributed by atoms with E-state index in [9.17, 15) is 9.90 Å². The Morgan fingerprint density at radius 1 is 1.05 bits per heavy atom. The van der Waals surface area contributed by atoms with Gasteiger partial charge < -0.3 is 10.0 Å². The predicted octanol–water partition coefficient (Wildman–Crippen LogP) is 2.02. The topological polar surface area (TPSA) is 43.8 Å². The van der Waals surface area contributed by atoms with Crippen LogP contribution in [0, 0.1) is 0 Å². The van der Waals surface area contributed by atoms with Crippen LogP contribution in [0.4, 0.5) is 0 Å². The van der Waals surface area contributed by atoms with Crippen molar-refractivity contribution in [3.8, 4) is 0 Å². The number of likely N-dealkylation sites (N-methyl/N-ethyl adjacent to an activating group) is 1. The molecule has 4 heteroatoms. The molecule has 2 fully saturated rings. The molecule has 20 heavy (non-hydrogen) atoms. The Kier molecular flexibility index (Phi) is 5.85. The van der Waals surface area contributed by atoms with E-state index in [4.69, 9.17) is 0 Å². The van der Waals surface area contributed by atoms with Crippen LogP contribution in [-0.4, -0.2) is 59.6 Å². The van der Waals surface area contributed by atoms with Gasteiger partial charge in [-0.25, -0.2) is 0 Å². The Morgan fingerprint density at radius 3 is 2.20 bits per heavy atom. The molecule has 1 saturated carbocycles. The standard InChI is InChI=1S/C16H30N2O2/c1-17(14-16(20)9-5-6-10-16)13-15(19)18-11-7-3-2-4-8-12-18/h20H,2-14H2,1H3. The molecule has 1 heterocycles. The lowest BCUT2D eigenvalue weighted by Gasteiger charge is -2.31. The molecule has 1 N–H and O–H groups in total. The molecule has 0 spiro atoms. The van der Waals surface area contributed by atoms with Gasteiger partial charge >= 0.3 is 0 Å². The van der Waals surface area contributed by atoms with E-state index in [0.717, 1.165) is 51.6 Å². The van der Waals surface area contributed by atoms with E-state index in [1.807, 2.05) is 16.8 Å². The molecule has 4 nitrogen and oxygen atoms in total. The van der Waals surface area contributed by atoms with E-state index < -0.39 is 5.60 Å². The summed E-state index contributed by atoms with van der Waals surface area (Å²) in [7, 11) is 1.96. The van der Waals surface area contributed by atoms with Crippen LogP contribution in [-0.2, 0) is 4.79 Å². The fourth-order valence-corrected chi connectivity index (χ4v) is 3.58. The van der Waals surface area contributed by atoms with Gasteiger partial charge in [0, 0.05) is 19.6 Å². The fourth-order valence-electron chi connectivity index (χ4n) is 3.58. The Bertz CT molecular complexity index is 306. The van der Waals surface area contributed by atoms with Gasteiger partial charge in [-0.05, 0) is 32.7 Å². The molecular weight excluding hydrogens is 252 g/mol. The lowest BCUT2D eigenvalue weighted by molar-refractivity contribution is -0.133. The van der Waals surface area contributed by atoms with Crippen molar-refractivity contribution in [2.45, 2.75) is 63.4 Å². The Morgan fingerprint density at radius 2 is 1.60 bits per heavy atom. The third-order valence-corrected chi connectivity index (χ3v) is 4.71. The van der Waals surface area contributed by atoms with E-state index in [2.05, 4.69) is 0 Å². The van der Waals surface area contributed by atoms with Gasteiger partial charge in [0.15, 0.2) is 0 Å². The van der Waals surface area contributed by atoms with E-state index in [1.54, 1.807) is 0 Å². The van der Waals surface area contributed by atoms with Gasteiger partial charge in [-0.3, -0.25) is 9.69 Å². The van der Waals surface area contributed by atoms with Crippen LogP contribution in [0.5, 0.6) is 0 Å². The monoisotopic (exact) mass is 282 g/mol. The first-order valence-corrected chi connectivity index (χ1v) is 8.28. The van der Waals surface area contributed by atoms with Crippen LogP contribution in [0.1, 0.15) is 57.8 Å². The largest absolute Gasteiger partial charge is 0.389 e. The first kappa shape index (κ1) is 15.8. The number of rotatable bonds is 4. The van der Waals surface area contributed by atoms with Gasteiger partial charge in [0.25, 0.3) is 0 Å². The summed E-state index contributed by atoms with van der Waals surface area (Å²) in [5.41, 5.74) is -0.550. The predicted molar refractivity (Wildman–Crippen MR) is 80.6 cm³/mol. The lowest BCUT2D eigenvalue weighted by atomic mass is 10.0. The van der Waals surface area contributed by atoms with Gasteiger partial charge in [-0.2, -0.15) is 0 Å². The highest BCUT2D eigenvalue weighted by Crippen LogP contribution is 2.29. The number of amides is 1. The third-order valence-electron chi connectivity index (χ3n) is 4.71. The van der Waals surface area contributed by atoms with Crippen molar-refractivity contribution >= 4 is 5.91 Å². The molecule has 0 atom stereocenters. The normalized spacial score (nSPS) is 23.6. The summed E-state index contributed by atoms with van der Waals surface area (Å²) in [4.78, 5) is 16.4. The summed E-state index contributed by atoms with van der Waals surface area (Å²) in [5.74, 6) is 0.232. The number of hydrogen-bond donors (Lipinski definition) is 1. The smallest absolute Gasteiger partial charge is 0.236 e. The van der Waals surface area contributed by atoms with Gasteiger partial charge in [0.05, 0.1) is 12.1 Å². The molecule has 1 aliphatic heterocycles. The minimum atomic E-state index is -0.550. The van der Waals surface area contributed by atoms with Crippen molar-refractivity contribution in [1.29, 1.82) is 0 Å². The second kappa shape index (κ2) is 7.41. The minimum Gasteiger partial charge on any atom is -0.389 e. The highest BCUT2D eigenvalue weighted by Gasteiger charge is 2.32. The van der Waals surface area contributed by atoms with Crippen LogP contribution in [0.15, 0.2) is 0 Å². The van der Waals surface area contributed by atoms with Crippen LogP contribution in [0.25, 0.3) is 0 Å². The number of carbonyl (C=O) groups is 1. The van der Waals surface area contributed by atoms with Crippen LogP contribution < -0.4 is 0 Å². The summed E-state index contributed by atoms with van der Waals surface area (Å²) >= 11 is 0. The number of likely N-dealkylation sites (tertiary alicyclic amines) is 1. The summed E-state index contributed by atoms with van der Waals surface area (Å²) in [6, 6.07) is 0. The van der Waals surface area contributed by atoms with Crippen molar-refractivity contribution in [3.63, 3.8) is 0 Å². The van der Waals surface area contributed by atoms with Crippen molar-refractivity contribution in [3.05, 3.63) is 0 Å². The summed E-state index contributed by atoms with van der Waals surface area (Å²) in [5, 5.41) is 10.4. The van der Waals surface area contributed by atoms with E-state index in [0.29, 0.717) is 13.1 Å². The molecule has 1 saturated heterocycles.